The number of halogens is 2. The molecule has 0 saturated carbocycles. The molecule has 0 aromatic carbocycles. The predicted molar refractivity (Wildman–Crippen MR) is 49.5 cm³/mol. The van der Waals surface area contributed by atoms with Crippen LogP contribution < -0.4 is 3.69 Å². The van der Waals surface area contributed by atoms with Crippen molar-refractivity contribution in [3.63, 3.8) is 0 Å². The zero-order valence-corrected chi connectivity index (χ0v) is 12.6. The van der Waals surface area contributed by atoms with Gasteiger partial charge >= 0.3 is 50.4 Å². The average Bonchev–Trinajstić information content (AvgIpc) is 1.35. The summed E-state index contributed by atoms with van der Waals surface area (Å²) >= 11 is 0.859. The van der Waals surface area contributed by atoms with Crippen molar-refractivity contribution in [3.05, 3.63) is 0 Å². The molecule has 0 unspecified atom stereocenters. The van der Waals surface area contributed by atoms with E-state index < -0.39 is 8.24 Å². The van der Waals surface area contributed by atoms with Crippen LogP contribution in [0.1, 0.15) is 0 Å². The fraction of sp³-hybridized carbons (Fsp3) is 1.00. The van der Waals surface area contributed by atoms with Gasteiger partial charge < -0.3 is 0 Å². The van der Waals surface area contributed by atoms with Crippen LogP contribution in [0.5, 0.6) is 0 Å². The summed E-state index contributed by atoms with van der Waals surface area (Å²) in [6, 6.07) is 0. The van der Waals surface area contributed by atoms with E-state index in [9.17, 15) is 0 Å². The van der Waals surface area contributed by atoms with Gasteiger partial charge in [-0.1, -0.05) is 0 Å². The molecule has 0 aliphatic heterocycles. The molecule has 0 spiro atoms. The number of hydrogen-bond acceptors (Lipinski definition) is 1. The maximum atomic E-state index is 3.43. The fourth-order valence-electron chi connectivity index (χ4n) is 0. The number of rotatable bonds is 1. The molecular weight excluding hydrogens is 219 g/mol. The van der Waals surface area contributed by atoms with Crippen LogP contribution in [-0.4, -0.2) is 27.1 Å². The van der Waals surface area contributed by atoms with Gasteiger partial charge in [0.2, 0.25) is 0 Å². The Morgan fingerprint density at radius 1 is 1.12 bits per heavy atom. The summed E-state index contributed by atoms with van der Waals surface area (Å²) in [5.74, 6) is 0. The second-order valence-corrected chi connectivity index (χ2v) is 10.6. The predicted octanol–water partition coefficient (Wildman–Crippen LogP) is 0.803. The van der Waals surface area contributed by atoms with E-state index in [4.69, 9.17) is 0 Å². The van der Waals surface area contributed by atoms with E-state index in [2.05, 4.69) is 23.3 Å². The Morgan fingerprint density at radius 2 is 1.25 bits per heavy atom. The molecule has 0 fully saturated rings. The van der Waals surface area contributed by atoms with E-state index >= 15 is 0 Å². The van der Waals surface area contributed by atoms with Crippen LogP contribution in [0.3, 0.4) is 0 Å². The molecule has 1 N–H and O–H groups in total. The molecule has 0 saturated heterocycles. The van der Waals surface area contributed by atoms with Gasteiger partial charge in [0.05, 0.1) is 0 Å². The summed E-state index contributed by atoms with van der Waals surface area (Å²) in [5, 5.41) is 0. The van der Waals surface area contributed by atoms with Crippen LogP contribution in [-0.2, 0) is 0 Å². The van der Waals surface area contributed by atoms with Crippen molar-refractivity contribution in [1.29, 1.82) is 0 Å². The van der Waals surface area contributed by atoms with Crippen molar-refractivity contribution < 1.29 is 0 Å². The number of nitrogens with one attached hydrogen (secondary N) is 1. The molecule has 0 atom stereocenters. The van der Waals surface area contributed by atoms with E-state index in [-0.39, 0.29) is 24.8 Å². The summed E-state index contributed by atoms with van der Waals surface area (Å²) in [4.78, 5) is 0. The minimum atomic E-state index is -0.798. The molecule has 0 aliphatic carbocycles. The molecule has 0 radical (unpaired) electrons. The van der Waals surface area contributed by atoms with Gasteiger partial charge in [-0.3, -0.25) is 0 Å². The van der Waals surface area contributed by atoms with Gasteiger partial charge in [0, 0.05) is 0 Å². The molecular formula is C3H14Cl2GaNSi. The minimum Gasteiger partial charge on any atom is -0.147 e. The van der Waals surface area contributed by atoms with E-state index in [1.807, 2.05) is 0 Å². The summed E-state index contributed by atoms with van der Waals surface area (Å²) < 4.78 is 3.43. The summed E-state index contributed by atoms with van der Waals surface area (Å²) in [5.41, 5.74) is 0. The van der Waals surface area contributed by atoms with Crippen molar-refractivity contribution in [2.75, 3.05) is 0 Å². The van der Waals surface area contributed by atoms with Gasteiger partial charge in [0.1, 0.15) is 0 Å². The van der Waals surface area contributed by atoms with E-state index in [1.165, 1.54) is 0 Å². The molecule has 0 heterocycles. The van der Waals surface area contributed by atoms with Crippen LogP contribution in [0.25, 0.3) is 0 Å². The Kier molecular flexibility index (Phi) is 13.2. The maximum absolute atomic E-state index is 3.43. The third-order valence-electron chi connectivity index (χ3n) is 0.750. The Hall–Kier alpha value is 1.39. The molecule has 8 heavy (non-hydrogen) atoms. The molecule has 5 heteroatoms. The molecule has 1 nitrogen and oxygen atoms in total. The van der Waals surface area contributed by atoms with Crippen LogP contribution >= 0.6 is 24.8 Å². The topological polar surface area (TPSA) is 12.0 Å². The molecule has 0 amide bonds. The third kappa shape index (κ3) is 15.7. The first-order valence-electron chi connectivity index (χ1n) is 2.25. The first-order valence-corrected chi connectivity index (χ1v) is 7.85. The second-order valence-electron chi connectivity index (χ2n) is 2.50. The van der Waals surface area contributed by atoms with Crippen molar-refractivity contribution in [2.24, 2.45) is 0 Å². The standard InChI is InChI=1S/C3H10NSi.2ClH.Ga.2H/c1-5(2,3)4;;;;;/h4H,1-3H3;2*1H;;;/q-1;;;+1;;. The van der Waals surface area contributed by atoms with Gasteiger partial charge in [0.15, 0.2) is 0 Å². The number of hydrogen-bond donors (Lipinski definition) is 1. The summed E-state index contributed by atoms with van der Waals surface area (Å²) in [6.45, 7) is 6.95. The average molecular weight is 233 g/mol. The molecule has 0 aliphatic rings. The molecule has 0 aromatic heterocycles. The molecule has 52 valence electrons. The first-order chi connectivity index (χ1) is 2.56. The maximum Gasteiger partial charge on any atom is -0.147 e. The monoisotopic (exact) mass is 231 g/mol. The van der Waals surface area contributed by atoms with Crippen LogP contribution in [0.4, 0.5) is 0 Å². The first kappa shape index (κ1) is 16.2. The Balaban J connectivity index is -0.000000125. The van der Waals surface area contributed by atoms with Gasteiger partial charge in [-0.25, -0.2) is 0 Å². The third-order valence-corrected chi connectivity index (χ3v) is 11.7. The Labute approximate surface area is 75.1 Å². The van der Waals surface area contributed by atoms with Crippen LogP contribution in [0, 0.1) is 0 Å². The zero-order chi connectivity index (χ0) is 5.21. The quantitative estimate of drug-likeness (QED) is 0.660. The van der Waals surface area contributed by atoms with Crippen LogP contribution in [0.2, 0.25) is 19.6 Å². The largest absolute Gasteiger partial charge is 0.147 e. The SMILES string of the molecule is C[Si](C)(C)[NH][GaH2].Cl.Cl. The van der Waals surface area contributed by atoms with Gasteiger partial charge in [-0.05, 0) is 0 Å². The van der Waals surface area contributed by atoms with E-state index in [0.717, 1.165) is 18.8 Å². The molecule has 0 aromatic rings. The Morgan fingerprint density at radius 3 is 1.25 bits per heavy atom. The van der Waals surface area contributed by atoms with Crippen molar-refractivity contribution in [1.82, 2.24) is 3.69 Å². The summed E-state index contributed by atoms with van der Waals surface area (Å²) in [7, 11) is -0.798. The molecule has 0 bridgehead atoms. The van der Waals surface area contributed by atoms with Crippen molar-refractivity contribution in [2.45, 2.75) is 19.6 Å². The van der Waals surface area contributed by atoms with Crippen molar-refractivity contribution >= 4 is 51.9 Å². The smallest absolute Gasteiger partial charge is 0.147 e. The van der Waals surface area contributed by atoms with Gasteiger partial charge in [-0.15, -0.1) is 24.8 Å². The minimum absolute atomic E-state index is 0. The van der Waals surface area contributed by atoms with E-state index in [1.54, 1.807) is 0 Å². The van der Waals surface area contributed by atoms with Gasteiger partial charge in [-0.2, -0.15) is 0 Å². The van der Waals surface area contributed by atoms with Crippen molar-refractivity contribution in [3.8, 4) is 0 Å². The zero-order valence-electron chi connectivity index (χ0n) is 5.82. The second kappa shape index (κ2) is 6.51. The van der Waals surface area contributed by atoms with Crippen LogP contribution in [0.15, 0.2) is 0 Å². The Bertz CT molecular complexity index is 47.0. The van der Waals surface area contributed by atoms with Gasteiger partial charge in [0.25, 0.3) is 0 Å². The summed E-state index contributed by atoms with van der Waals surface area (Å²) in [6.07, 6.45) is 0. The van der Waals surface area contributed by atoms with E-state index in [0.29, 0.717) is 0 Å². The molecule has 0 rings (SSSR count). The fourth-order valence-corrected chi connectivity index (χ4v) is 0. The normalized spacial score (nSPS) is 8.88.